The van der Waals surface area contributed by atoms with Crippen molar-refractivity contribution in [2.24, 2.45) is 16.6 Å². The molecule has 0 bridgehead atoms. The summed E-state index contributed by atoms with van der Waals surface area (Å²) in [5.74, 6) is 8.33. The maximum absolute atomic E-state index is 6.70. The molecule has 0 saturated carbocycles. The lowest BCUT2D eigenvalue weighted by molar-refractivity contribution is 0.0331. The third kappa shape index (κ3) is 4.38. The van der Waals surface area contributed by atoms with Crippen molar-refractivity contribution in [1.82, 2.24) is 5.06 Å². The number of nitrogens with two attached hydrogens (primary N) is 1. The molecule has 156 valence electrons. The average molecular weight is 404 g/mol. The summed E-state index contributed by atoms with van der Waals surface area (Å²) in [5, 5.41) is 1.49. The van der Waals surface area contributed by atoms with Crippen molar-refractivity contribution in [3.8, 4) is 23.3 Å². The number of aliphatic imine (C=N–C) groups is 1. The van der Waals surface area contributed by atoms with Crippen molar-refractivity contribution in [2.45, 2.75) is 45.1 Å². The fourth-order valence-corrected chi connectivity index (χ4v) is 3.99. The lowest BCUT2D eigenvalue weighted by atomic mass is 9.91. The van der Waals surface area contributed by atoms with Gasteiger partial charge in [0.1, 0.15) is 5.60 Å². The molecule has 0 aromatic heterocycles. The van der Waals surface area contributed by atoms with Crippen molar-refractivity contribution < 1.29 is 9.57 Å². The molecule has 1 aliphatic heterocycles. The van der Waals surface area contributed by atoms with Crippen LogP contribution < -0.4 is 15.3 Å². The van der Waals surface area contributed by atoms with E-state index in [4.69, 9.17) is 15.3 Å². The zero-order valence-electron chi connectivity index (χ0n) is 17.9. The summed E-state index contributed by atoms with van der Waals surface area (Å²) in [7, 11) is 1.76. The first-order valence-electron chi connectivity index (χ1n) is 10.6. The van der Waals surface area contributed by atoms with Crippen molar-refractivity contribution in [3.63, 3.8) is 0 Å². The van der Waals surface area contributed by atoms with Gasteiger partial charge in [0.25, 0.3) is 0 Å². The van der Waals surface area contributed by atoms with Crippen LogP contribution in [-0.2, 0) is 12.8 Å². The van der Waals surface area contributed by atoms with Crippen LogP contribution in [0.4, 0.5) is 0 Å². The van der Waals surface area contributed by atoms with E-state index in [0.29, 0.717) is 29.9 Å². The highest BCUT2D eigenvalue weighted by Gasteiger charge is 2.37. The van der Waals surface area contributed by atoms with Gasteiger partial charge in [0.2, 0.25) is 5.96 Å². The van der Waals surface area contributed by atoms with Gasteiger partial charge in [-0.1, -0.05) is 50.0 Å². The lowest BCUT2D eigenvalue weighted by Gasteiger charge is -2.32. The summed E-state index contributed by atoms with van der Waals surface area (Å²) >= 11 is 0. The molecule has 0 radical (unpaired) electrons. The molecule has 5 nitrogen and oxygen atoms in total. The number of hydrogen-bond acceptors (Lipinski definition) is 5. The summed E-state index contributed by atoms with van der Waals surface area (Å²) in [5.41, 5.74) is 9.33. The van der Waals surface area contributed by atoms with Crippen molar-refractivity contribution in [3.05, 3.63) is 59.2 Å². The molecular formula is C25H29N3O2. The van der Waals surface area contributed by atoms with Gasteiger partial charge in [-0.25, -0.2) is 4.99 Å². The minimum Gasteiger partial charge on any atom is -0.481 e. The van der Waals surface area contributed by atoms with Crippen LogP contribution in [0.15, 0.2) is 47.5 Å². The van der Waals surface area contributed by atoms with Crippen molar-refractivity contribution in [2.75, 3.05) is 13.6 Å². The number of hydroxylamine groups is 2. The van der Waals surface area contributed by atoms with E-state index < -0.39 is 5.60 Å². The third-order valence-corrected chi connectivity index (χ3v) is 5.57. The van der Waals surface area contributed by atoms with E-state index in [-0.39, 0.29) is 0 Å². The molecule has 30 heavy (non-hydrogen) atoms. The molecule has 0 saturated heterocycles. The minimum atomic E-state index is -0.467. The molecular weight excluding hydrogens is 374 g/mol. The molecule has 1 heterocycles. The Hall–Kier alpha value is -3.13. The van der Waals surface area contributed by atoms with Gasteiger partial charge in [0.05, 0.1) is 6.54 Å². The van der Waals surface area contributed by atoms with Gasteiger partial charge in [-0.05, 0) is 42.5 Å². The Morgan fingerprint density at radius 1 is 1.13 bits per heavy atom. The minimum absolute atomic E-state index is 0.298. The Morgan fingerprint density at radius 2 is 1.93 bits per heavy atom. The summed E-state index contributed by atoms with van der Waals surface area (Å²) in [4.78, 5) is 10.6. The smallest absolute Gasteiger partial charge is 0.225 e. The summed E-state index contributed by atoms with van der Waals surface area (Å²) < 4.78 is 6.70. The predicted octanol–water partition coefficient (Wildman–Crippen LogP) is 3.94. The molecule has 2 aromatic rings. The Balaban J connectivity index is 1.75. The fourth-order valence-electron chi connectivity index (χ4n) is 3.99. The summed E-state index contributed by atoms with van der Waals surface area (Å²) in [6, 6.07) is 14.5. The van der Waals surface area contributed by atoms with E-state index in [1.807, 2.05) is 18.2 Å². The van der Waals surface area contributed by atoms with Gasteiger partial charge < -0.3 is 15.3 Å². The van der Waals surface area contributed by atoms with Gasteiger partial charge >= 0.3 is 0 Å². The third-order valence-electron chi connectivity index (χ3n) is 5.57. The van der Waals surface area contributed by atoms with Crippen LogP contribution in [-0.4, -0.2) is 30.2 Å². The van der Waals surface area contributed by atoms with Gasteiger partial charge in [0.15, 0.2) is 11.5 Å². The molecule has 1 atom stereocenters. The Labute approximate surface area is 178 Å². The molecule has 4 rings (SSSR count). The zero-order chi connectivity index (χ0) is 21.1. The fraction of sp³-hybridized carbons (Fsp3) is 0.400. The molecule has 0 fully saturated rings. The quantitative estimate of drug-likeness (QED) is 0.677. The van der Waals surface area contributed by atoms with E-state index in [1.165, 1.54) is 16.2 Å². The van der Waals surface area contributed by atoms with Crippen LogP contribution in [0.25, 0.3) is 0 Å². The van der Waals surface area contributed by atoms with Crippen LogP contribution in [0.1, 0.15) is 43.4 Å². The van der Waals surface area contributed by atoms with Gasteiger partial charge in [0, 0.05) is 31.0 Å². The van der Waals surface area contributed by atoms with Crippen LogP contribution in [0.3, 0.4) is 0 Å². The number of guanidine groups is 1. The van der Waals surface area contributed by atoms with Gasteiger partial charge in [-0.15, -0.1) is 0 Å². The SMILES string of the molecule is CC(C)C#Cc1ccc2c(c1)ON(C)C(N)=NCC1(CCCc3ccccc3C1)O2. The second kappa shape index (κ2) is 8.31. The van der Waals surface area contributed by atoms with E-state index >= 15 is 0 Å². The molecule has 2 aliphatic rings. The first-order valence-corrected chi connectivity index (χ1v) is 10.6. The number of hydrogen-bond donors (Lipinski definition) is 1. The molecule has 0 amide bonds. The maximum atomic E-state index is 6.70. The second-order valence-electron chi connectivity index (χ2n) is 8.43. The Bertz CT molecular complexity index is 1020. The van der Waals surface area contributed by atoms with Gasteiger partial charge in [-0.2, -0.15) is 5.06 Å². The maximum Gasteiger partial charge on any atom is 0.225 e. The normalized spacial score (nSPS) is 20.8. The van der Waals surface area contributed by atoms with Crippen LogP contribution >= 0.6 is 0 Å². The molecule has 2 N–H and O–H groups in total. The van der Waals surface area contributed by atoms with E-state index in [2.05, 4.69) is 54.9 Å². The van der Waals surface area contributed by atoms with Crippen LogP contribution in [0, 0.1) is 17.8 Å². The van der Waals surface area contributed by atoms with Crippen molar-refractivity contribution >= 4 is 5.96 Å². The highest BCUT2D eigenvalue weighted by atomic mass is 16.7. The van der Waals surface area contributed by atoms with Gasteiger partial charge in [-0.3, -0.25) is 0 Å². The molecule has 1 spiro atoms. The second-order valence-corrected chi connectivity index (χ2v) is 8.43. The molecule has 5 heteroatoms. The zero-order valence-corrected chi connectivity index (χ0v) is 17.9. The molecule has 1 unspecified atom stereocenters. The number of ether oxygens (including phenoxy) is 1. The topological polar surface area (TPSA) is 60.1 Å². The summed E-state index contributed by atoms with van der Waals surface area (Å²) in [6.07, 6.45) is 3.78. The van der Waals surface area contributed by atoms with Crippen LogP contribution in [0.5, 0.6) is 11.5 Å². The Morgan fingerprint density at radius 3 is 2.73 bits per heavy atom. The average Bonchev–Trinajstić information content (AvgIpc) is 2.88. The predicted molar refractivity (Wildman–Crippen MR) is 119 cm³/mol. The summed E-state index contributed by atoms with van der Waals surface area (Å²) in [6.45, 7) is 4.63. The number of aryl methyl sites for hydroxylation is 1. The molecule has 1 aliphatic carbocycles. The number of benzene rings is 2. The highest BCUT2D eigenvalue weighted by molar-refractivity contribution is 5.77. The first kappa shape index (κ1) is 20.2. The van der Waals surface area contributed by atoms with Crippen LogP contribution in [0.2, 0.25) is 0 Å². The first-order chi connectivity index (χ1) is 14.4. The number of nitrogens with zero attached hydrogens (tertiary/aromatic N) is 2. The largest absolute Gasteiger partial charge is 0.481 e. The lowest BCUT2D eigenvalue weighted by Crippen LogP contribution is -2.42. The number of fused-ring (bicyclic) bond motifs is 2. The monoisotopic (exact) mass is 403 g/mol. The van der Waals surface area contributed by atoms with E-state index in [1.54, 1.807) is 7.05 Å². The van der Waals surface area contributed by atoms with E-state index in [0.717, 1.165) is 31.2 Å². The highest BCUT2D eigenvalue weighted by Crippen LogP contribution is 2.38. The van der Waals surface area contributed by atoms with Crippen molar-refractivity contribution in [1.29, 1.82) is 0 Å². The number of rotatable bonds is 0. The van der Waals surface area contributed by atoms with E-state index in [9.17, 15) is 0 Å². The molecule has 2 aromatic carbocycles. The standard InChI is InChI=1S/C25H29N3O2/c1-18(2)10-11-19-12-13-22-23(15-19)30-28(3)24(26)27-17-25(29-22)14-6-9-20-7-4-5-8-21(20)16-25/h4-5,7-8,12-13,15,18H,6,9,14,16-17H2,1-3H3,(H2,26,27). The Kier molecular flexibility index (Phi) is 5.59.